The third-order valence-corrected chi connectivity index (χ3v) is 5.79. The lowest BCUT2D eigenvalue weighted by atomic mass is 10.1. The van der Waals surface area contributed by atoms with E-state index in [2.05, 4.69) is 4.74 Å². The molecule has 0 bridgehead atoms. The minimum Gasteiger partial charge on any atom is -0.465 e. The topological polar surface area (TPSA) is 89.7 Å². The highest BCUT2D eigenvalue weighted by molar-refractivity contribution is 7.88. The van der Waals surface area contributed by atoms with Gasteiger partial charge in [-0.3, -0.25) is 0 Å². The smallest absolute Gasteiger partial charge is 0.337 e. The Hall–Kier alpha value is -1.44. The van der Waals surface area contributed by atoms with Crippen molar-refractivity contribution in [3.05, 3.63) is 35.4 Å². The molecule has 1 heterocycles. The fraction of sp³-hybridized carbons (Fsp3) is 0.533. The molecule has 1 aliphatic heterocycles. The molecular weight excluding hydrogens is 304 g/mol. The number of esters is 1. The van der Waals surface area contributed by atoms with Gasteiger partial charge in [-0.05, 0) is 30.5 Å². The molecule has 0 saturated carbocycles. The lowest BCUT2D eigenvalue weighted by Crippen LogP contribution is -2.47. The van der Waals surface area contributed by atoms with Crippen LogP contribution in [0, 0.1) is 0 Å². The molecule has 0 spiro atoms. The van der Waals surface area contributed by atoms with Gasteiger partial charge in [0, 0.05) is 19.1 Å². The molecule has 7 heteroatoms. The summed E-state index contributed by atoms with van der Waals surface area (Å²) >= 11 is 0. The zero-order valence-corrected chi connectivity index (χ0v) is 13.5. The number of piperidine rings is 1. The lowest BCUT2D eigenvalue weighted by Gasteiger charge is -2.33. The molecule has 2 N–H and O–H groups in total. The molecule has 122 valence electrons. The van der Waals surface area contributed by atoms with Gasteiger partial charge >= 0.3 is 5.97 Å². The van der Waals surface area contributed by atoms with Gasteiger partial charge in [-0.2, -0.15) is 4.31 Å². The highest BCUT2D eigenvalue weighted by atomic mass is 32.2. The van der Waals surface area contributed by atoms with Crippen LogP contribution < -0.4 is 5.73 Å². The van der Waals surface area contributed by atoms with Gasteiger partial charge in [-0.1, -0.05) is 18.6 Å². The van der Waals surface area contributed by atoms with Gasteiger partial charge in [-0.25, -0.2) is 13.2 Å². The van der Waals surface area contributed by atoms with Gasteiger partial charge in [0.15, 0.2) is 0 Å². The van der Waals surface area contributed by atoms with Crippen molar-refractivity contribution in [1.82, 2.24) is 4.31 Å². The number of nitrogens with two attached hydrogens (primary N) is 1. The molecule has 2 rings (SSSR count). The van der Waals surface area contributed by atoms with E-state index < -0.39 is 16.0 Å². The van der Waals surface area contributed by atoms with E-state index in [-0.39, 0.29) is 11.8 Å². The molecular formula is C15H22N2O4S. The number of methoxy groups -OCH3 is 1. The molecule has 1 aromatic rings. The Morgan fingerprint density at radius 2 is 2.18 bits per heavy atom. The molecule has 0 amide bonds. The molecule has 1 aromatic carbocycles. The first kappa shape index (κ1) is 16.9. The second kappa shape index (κ2) is 7.21. The molecule has 0 aromatic heterocycles. The van der Waals surface area contributed by atoms with Gasteiger partial charge in [0.1, 0.15) is 0 Å². The Kier molecular flexibility index (Phi) is 5.55. The maximum Gasteiger partial charge on any atom is 0.337 e. The molecule has 0 aliphatic carbocycles. The number of rotatable bonds is 5. The summed E-state index contributed by atoms with van der Waals surface area (Å²) in [4.78, 5) is 11.5. The van der Waals surface area contributed by atoms with Crippen LogP contribution in [0.3, 0.4) is 0 Å². The molecule has 1 atom stereocenters. The standard InChI is InChI=1S/C15H22N2O4S/c1-21-15(18)13-6-4-5-12(9-13)11-22(19,20)17-8-3-2-7-14(17)10-16/h4-6,9,14H,2-3,7-8,10-11,16H2,1H3. The number of hydrogen-bond acceptors (Lipinski definition) is 5. The predicted molar refractivity (Wildman–Crippen MR) is 83.8 cm³/mol. The number of benzene rings is 1. The molecule has 22 heavy (non-hydrogen) atoms. The van der Waals surface area contributed by atoms with E-state index in [9.17, 15) is 13.2 Å². The van der Waals surface area contributed by atoms with Crippen LogP contribution in [0.1, 0.15) is 35.2 Å². The largest absolute Gasteiger partial charge is 0.465 e. The maximum atomic E-state index is 12.6. The van der Waals surface area contributed by atoms with E-state index in [1.165, 1.54) is 11.4 Å². The summed E-state index contributed by atoms with van der Waals surface area (Å²) in [5.41, 5.74) is 6.62. The van der Waals surface area contributed by atoms with Crippen molar-refractivity contribution in [1.29, 1.82) is 0 Å². The lowest BCUT2D eigenvalue weighted by molar-refractivity contribution is 0.0600. The third-order valence-electron chi connectivity index (χ3n) is 3.90. The van der Waals surface area contributed by atoms with Crippen LogP contribution in [0.2, 0.25) is 0 Å². The van der Waals surface area contributed by atoms with E-state index in [4.69, 9.17) is 5.73 Å². The Labute approximate surface area is 131 Å². The minimum atomic E-state index is -3.45. The maximum absolute atomic E-state index is 12.6. The van der Waals surface area contributed by atoms with Crippen molar-refractivity contribution < 1.29 is 17.9 Å². The molecule has 1 aliphatic rings. The second-order valence-corrected chi connectivity index (χ2v) is 7.37. The van der Waals surface area contributed by atoms with E-state index in [0.29, 0.717) is 24.2 Å². The van der Waals surface area contributed by atoms with Crippen LogP contribution in [0.15, 0.2) is 24.3 Å². The number of hydrogen-bond donors (Lipinski definition) is 1. The monoisotopic (exact) mass is 326 g/mol. The van der Waals surface area contributed by atoms with Gasteiger partial charge in [0.05, 0.1) is 18.4 Å². The van der Waals surface area contributed by atoms with Gasteiger partial charge in [0.25, 0.3) is 0 Å². The minimum absolute atomic E-state index is 0.123. The highest BCUT2D eigenvalue weighted by Gasteiger charge is 2.31. The summed E-state index contributed by atoms with van der Waals surface area (Å²) in [7, 11) is -2.15. The van der Waals surface area contributed by atoms with Crippen molar-refractivity contribution in [2.24, 2.45) is 5.73 Å². The summed E-state index contributed by atoms with van der Waals surface area (Å²) < 4.78 is 31.4. The summed E-state index contributed by atoms with van der Waals surface area (Å²) in [6.45, 7) is 0.850. The molecule has 0 radical (unpaired) electrons. The Balaban J connectivity index is 2.19. The van der Waals surface area contributed by atoms with Crippen molar-refractivity contribution in [3.63, 3.8) is 0 Å². The predicted octanol–water partition coefficient (Wildman–Crippen LogP) is 1.12. The average Bonchev–Trinajstić information content (AvgIpc) is 2.53. The van der Waals surface area contributed by atoms with E-state index in [1.54, 1.807) is 24.3 Å². The number of carbonyl (C=O) groups is 1. The first-order valence-corrected chi connectivity index (χ1v) is 8.95. The number of ether oxygens (including phenoxy) is 1. The number of carbonyl (C=O) groups excluding carboxylic acids is 1. The summed E-state index contributed by atoms with van der Waals surface area (Å²) in [5.74, 6) is -0.606. The van der Waals surface area contributed by atoms with Crippen molar-refractivity contribution in [2.45, 2.75) is 31.1 Å². The third kappa shape index (κ3) is 3.85. The quantitative estimate of drug-likeness (QED) is 0.819. The van der Waals surface area contributed by atoms with Crippen LogP contribution in [-0.4, -0.2) is 44.9 Å². The fourth-order valence-electron chi connectivity index (χ4n) is 2.78. The van der Waals surface area contributed by atoms with Crippen molar-refractivity contribution in [3.8, 4) is 0 Å². The Bertz CT molecular complexity index is 630. The van der Waals surface area contributed by atoms with Crippen molar-refractivity contribution in [2.75, 3.05) is 20.2 Å². The second-order valence-electron chi connectivity index (χ2n) is 5.44. The van der Waals surface area contributed by atoms with Crippen molar-refractivity contribution >= 4 is 16.0 Å². The number of nitrogens with zero attached hydrogens (tertiary/aromatic N) is 1. The molecule has 1 saturated heterocycles. The van der Waals surface area contributed by atoms with E-state index in [0.717, 1.165) is 19.3 Å². The van der Waals surface area contributed by atoms with Crippen LogP contribution in [0.4, 0.5) is 0 Å². The van der Waals surface area contributed by atoms with Gasteiger partial charge < -0.3 is 10.5 Å². The average molecular weight is 326 g/mol. The molecule has 1 fully saturated rings. The zero-order chi connectivity index (χ0) is 16.2. The summed E-state index contributed by atoms with van der Waals surface area (Å²) in [6, 6.07) is 6.40. The van der Waals surface area contributed by atoms with Crippen LogP contribution >= 0.6 is 0 Å². The number of sulfonamides is 1. The zero-order valence-electron chi connectivity index (χ0n) is 12.7. The van der Waals surface area contributed by atoms with Crippen LogP contribution in [-0.2, 0) is 20.5 Å². The summed E-state index contributed by atoms with van der Waals surface area (Å²) in [6.07, 6.45) is 2.67. The highest BCUT2D eigenvalue weighted by Crippen LogP contribution is 2.22. The van der Waals surface area contributed by atoms with E-state index >= 15 is 0 Å². The van der Waals surface area contributed by atoms with Crippen LogP contribution in [0.25, 0.3) is 0 Å². The van der Waals surface area contributed by atoms with Crippen LogP contribution in [0.5, 0.6) is 0 Å². The van der Waals surface area contributed by atoms with Gasteiger partial charge in [-0.15, -0.1) is 0 Å². The first-order valence-electron chi connectivity index (χ1n) is 7.35. The Morgan fingerprint density at radius 1 is 1.41 bits per heavy atom. The normalized spacial score (nSPS) is 19.8. The van der Waals surface area contributed by atoms with Gasteiger partial charge in [0.2, 0.25) is 10.0 Å². The molecule has 6 nitrogen and oxygen atoms in total. The fourth-order valence-corrected chi connectivity index (χ4v) is 4.59. The Morgan fingerprint density at radius 3 is 2.86 bits per heavy atom. The first-order chi connectivity index (χ1) is 10.5. The molecule has 1 unspecified atom stereocenters. The summed E-state index contributed by atoms with van der Waals surface area (Å²) in [5, 5.41) is 0. The van der Waals surface area contributed by atoms with E-state index in [1.807, 2.05) is 0 Å². The SMILES string of the molecule is COC(=O)c1cccc(CS(=O)(=O)N2CCCCC2CN)c1.